The summed E-state index contributed by atoms with van der Waals surface area (Å²) >= 11 is 0. The van der Waals surface area contributed by atoms with Crippen LogP contribution in [0.15, 0.2) is 36.4 Å². The third-order valence-corrected chi connectivity index (χ3v) is 5.14. The zero-order valence-electron chi connectivity index (χ0n) is 17.7. The number of benzene rings is 2. The van der Waals surface area contributed by atoms with Gasteiger partial charge in [-0.05, 0) is 61.1 Å². The minimum absolute atomic E-state index is 0.106. The molecule has 0 bridgehead atoms. The molecule has 0 spiro atoms. The van der Waals surface area contributed by atoms with Gasteiger partial charge in [0.05, 0.1) is 13.2 Å². The molecule has 2 nitrogen and oxygen atoms in total. The van der Waals surface area contributed by atoms with Crippen molar-refractivity contribution in [2.45, 2.75) is 46.0 Å². The summed E-state index contributed by atoms with van der Waals surface area (Å²) in [6.45, 7) is 4.48. The topological polar surface area (TPSA) is 18.5 Å². The molecule has 0 aliphatic heterocycles. The van der Waals surface area contributed by atoms with E-state index >= 15 is 0 Å². The lowest BCUT2D eigenvalue weighted by atomic mass is 9.90. The van der Waals surface area contributed by atoms with Crippen LogP contribution < -0.4 is 9.47 Å². The Morgan fingerprint density at radius 3 is 1.55 bits per heavy atom. The maximum Gasteiger partial charge on any atom is 0.201 e. The van der Waals surface area contributed by atoms with Crippen LogP contribution in [0.3, 0.4) is 0 Å². The predicted octanol–water partition coefficient (Wildman–Crippen LogP) is 7.47. The van der Waals surface area contributed by atoms with Crippen LogP contribution in [0.25, 0.3) is 11.1 Å². The van der Waals surface area contributed by atoms with Crippen molar-refractivity contribution in [3.8, 4) is 11.5 Å². The second kappa shape index (κ2) is 10.5. The van der Waals surface area contributed by atoms with Crippen molar-refractivity contribution >= 4 is 11.1 Å². The molecule has 0 heterocycles. The van der Waals surface area contributed by atoms with Gasteiger partial charge < -0.3 is 9.47 Å². The van der Waals surface area contributed by atoms with Crippen molar-refractivity contribution in [2.24, 2.45) is 0 Å². The fourth-order valence-electron chi connectivity index (χ4n) is 3.39. The largest absolute Gasteiger partial charge is 0.490 e. The fraction of sp³-hybridized carbons (Fsp3) is 0.360. The standard InChI is InChI=1S/C25H26F4O2/c1-3-5-15-31-21-13-11-19(23(27)25(21)29)17-8-6-16(7-9-17)18-10-12-20(30-14-4-2)24(28)22(18)26/h6,9-13H,3-5,7-8,14-15H2,1-2H3. The second-order valence-corrected chi connectivity index (χ2v) is 7.40. The van der Waals surface area contributed by atoms with E-state index in [1.807, 2.05) is 13.8 Å². The number of unbranched alkanes of at least 4 members (excludes halogenated alkanes) is 1. The summed E-state index contributed by atoms with van der Waals surface area (Å²) in [5.41, 5.74) is 1.46. The molecule has 1 aliphatic rings. The van der Waals surface area contributed by atoms with Crippen LogP contribution in [0.4, 0.5) is 17.6 Å². The summed E-state index contributed by atoms with van der Waals surface area (Å²) in [4.78, 5) is 0. The number of allylic oxidation sites excluding steroid dienone is 4. The van der Waals surface area contributed by atoms with E-state index < -0.39 is 23.3 Å². The number of hydrogen-bond acceptors (Lipinski definition) is 2. The zero-order valence-corrected chi connectivity index (χ0v) is 17.7. The maximum atomic E-state index is 14.6. The van der Waals surface area contributed by atoms with Crippen LogP contribution in [0.5, 0.6) is 11.5 Å². The van der Waals surface area contributed by atoms with Crippen LogP contribution in [-0.2, 0) is 0 Å². The Morgan fingerprint density at radius 1 is 0.645 bits per heavy atom. The highest BCUT2D eigenvalue weighted by Crippen LogP contribution is 2.36. The lowest BCUT2D eigenvalue weighted by molar-refractivity contribution is 0.288. The summed E-state index contributed by atoms with van der Waals surface area (Å²) in [7, 11) is 0. The molecule has 0 radical (unpaired) electrons. The fourth-order valence-corrected chi connectivity index (χ4v) is 3.39. The van der Waals surface area contributed by atoms with Gasteiger partial charge >= 0.3 is 0 Å². The third kappa shape index (κ3) is 5.12. The molecular weight excluding hydrogens is 408 g/mol. The molecule has 31 heavy (non-hydrogen) atoms. The smallest absolute Gasteiger partial charge is 0.201 e. The van der Waals surface area contributed by atoms with Crippen molar-refractivity contribution in [2.75, 3.05) is 13.2 Å². The van der Waals surface area contributed by atoms with Gasteiger partial charge in [0.1, 0.15) is 0 Å². The molecule has 3 rings (SSSR count). The predicted molar refractivity (Wildman–Crippen MR) is 114 cm³/mol. The first kappa shape index (κ1) is 22.9. The van der Waals surface area contributed by atoms with Gasteiger partial charge in [-0.25, -0.2) is 8.78 Å². The lowest BCUT2D eigenvalue weighted by Crippen LogP contribution is -2.04. The Hall–Kier alpha value is -2.76. The summed E-state index contributed by atoms with van der Waals surface area (Å²) in [5, 5.41) is 0. The van der Waals surface area contributed by atoms with E-state index in [0.29, 0.717) is 30.8 Å². The van der Waals surface area contributed by atoms with Crippen molar-refractivity contribution in [3.05, 3.63) is 70.8 Å². The van der Waals surface area contributed by atoms with E-state index in [2.05, 4.69) is 0 Å². The molecule has 0 atom stereocenters. The molecule has 166 valence electrons. The highest BCUT2D eigenvalue weighted by molar-refractivity contribution is 5.78. The molecule has 0 fully saturated rings. The van der Waals surface area contributed by atoms with Crippen LogP contribution in [-0.4, -0.2) is 13.2 Å². The molecule has 1 aliphatic carbocycles. The lowest BCUT2D eigenvalue weighted by Gasteiger charge is -2.17. The molecule has 6 heteroatoms. The van der Waals surface area contributed by atoms with Crippen LogP contribution in [0.1, 0.15) is 57.1 Å². The Bertz CT molecular complexity index is 996. The molecule has 0 saturated heterocycles. The molecule has 2 aromatic carbocycles. The van der Waals surface area contributed by atoms with Gasteiger partial charge in [-0.1, -0.05) is 32.4 Å². The number of rotatable bonds is 9. The van der Waals surface area contributed by atoms with E-state index in [1.54, 1.807) is 12.2 Å². The highest BCUT2D eigenvalue weighted by Gasteiger charge is 2.21. The highest BCUT2D eigenvalue weighted by atomic mass is 19.2. The van der Waals surface area contributed by atoms with Crippen molar-refractivity contribution < 1.29 is 27.0 Å². The van der Waals surface area contributed by atoms with Crippen molar-refractivity contribution in [3.63, 3.8) is 0 Å². The first-order valence-corrected chi connectivity index (χ1v) is 10.6. The average molecular weight is 434 g/mol. The van der Waals surface area contributed by atoms with Gasteiger partial charge in [0.15, 0.2) is 23.1 Å². The summed E-state index contributed by atoms with van der Waals surface area (Å²) in [5.74, 6) is -4.19. The first-order chi connectivity index (χ1) is 15.0. The van der Waals surface area contributed by atoms with Crippen LogP contribution >= 0.6 is 0 Å². The van der Waals surface area contributed by atoms with Gasteiger partial charge in [0.2, 0.25) is 11.6 Å². The minimum Gasteiger partial charge on any atom is -0.490 e. The molecule has 0 saturated carbocycles. The first-order valence-electron chi connectivity index (χ1n) is 10.6. The van der Waals surface area contributed by atoms with Crippen LogP contribution in [0.2, 0.25) is 0 Å². The maximum absolute atomic E-state index is 14.6. The Labute approximate surface area is 180 Å². The normalized spacial score (nSPS) is 13.6. The molecule has 0 aromatic heterocycles. The van der Waals surface area contributed by atoms with Gasteiger partial charge in [-0.3, -0.25) is 0 Å². The number of hydrogen-bond donors (Lipinski definition) is 0. The SMILES string of the molecule is CCCCOc1ccc(C2=CCC(c3ccc(OCCC)c(F)c3F)=CC2)c(F)c1F. The molecule has 0 unspecified atom stereocenters. The van der Waals surface area contributed by atoms with Crippen molar-refractivity contribution in [1.82, 2.24) is 0 Å². The summed E-state index contributed by atoms with van der Waals surface area (Å²) in [6.07, 6.45) is 6.30. The van der Waals surface area contributed by atoms with E-state index in [-0.39, 0.29) is 35.5 Å². The minimum atomic E-state index is -1.02. The van der Waals surface area contributed by atoms with E-state index in [1.165, 1.54) is 24.3 Å². The summed E-state index contributed by atoms with van der Waals surface area (Å²) in [6, 6.07) is 5.81. The number of halogens is 4. The van der Waals surface area contributed by atoms with Crippen molar-refractivity contribution in [1.29, 1.82) is 0 Å². The Balaban J connectivity index is 1.76. The van der Waals surface area contributed by atoms with E-state index in [9.17, 15) is 17.6 Å². The van der Waals surface area contributed by atoms with E-state index in [0.717, 1.165) is 12.8 Å². The van der Waals surface area contributed by atoms with Gasteiger partial charge in [0.25, 0.3) is 0 Å². The average Bonchev–Trinajstić information content (AvgIpc) is 2.78. The second-order valence-electron chi connectivity index (χ2n) is 7.40. The summed E-state index contributed by atoms with van der Waals surface area (Å²) < 4.78 is 68.3. The third-order valence-electron chi connectivity index (χ3n) is 5.14. The van der Waals surface area contributed by atoms with Crippen LogP contribution in [0, 0.1) is 23.3 Å². The number of ether oxygens (including phenoxy) is 2. The quantitative estimate of drug-likeness (QED) is 0.301. The van der Waals surface area contributed by atoms with Gasteiger partial charge in [0, 0.05) is 11.1 Å². The molecule has 2 aromatic rings. The van der Waals surface area contributed by atoms with E-state index in [4.69, 9.17) is 9.47 Å². The Kier molecular flexibility index (Phi) is 7.77. The monoisotopic (exact) mass is 434 g/mol. The molecular formula is C25H26F4O2. The zero-order chi connectivity index (χ0) is 22.4. The van der Waals surface area contributed by atoms with Gasteiger partial charge in [-0.15, -0.1) is 0 Å². The molecule has 0 amide bonds. The molecule has 0 N–H and O–H groups in total. The van der Waals surface area contributed by atoms with Gasteiger partial charge in [-0.2, -0.15) is 8.78 Å². The Morgan fingerprint density at radius 2 is 1.13 bits per heavy atom.